The summed E-state index contributed by atoms with van der Waals surface area (Å²) in [6.45, 7) is -5.41. The summed E-state index contributed by atoms with van der Waals surface area (Å²) < 4.78 is 0. The lowest BCUT2D eigenvalue weighted by Gasteiger charge is -2.24. The lowest BCUT2D eigenvalue weighted by molar-refractivity contribution is 1.45. The summed E-state index contributed by atoms with van der Waals surface area (Å²) in [6, 6.07) is 60.8. The van der Waals surface area contributed by atoms with Crippen molar-refractivity contribution in [2.75, 3.05) is 0 Å². The third kappa shape index (κ3) is 8.32. The first kappa shape index (κ1) is 64.4. The van der Waals surface area contributed by atoms with E-state index in [1.165, 1.54) is 72.8 Å². The average molecular weight is 1350 g/mol. The topological polar surface area (TPSA) is 476 Å². The van der Waals surface area contributed by atoms with Gasteiger partial charge in [-0.15, -0.1) is 0 Å². The minimum absolute atomic E-state index is 0.0311. The molecule has 0 N–H and O–H groups in total. The standard InChI is InChI=1S/C84H18B4N20/c89-19-39-1-51(27-97)77-59(5-39)63-15-47(23-93)71(67(31-101)81(63)85(77)35-105)43-9-45-13-56(74-50(26-96)18-66-62-8-42(22-92)4-54(30-100)80(62)88(38-108)84(66)70(74)34-104)58-12-44(72-48(24-94)16-64-60-6-40(20-90)2-52(28-98)78(60)86(36-106)82(64)68(72)32-102)10-46-14-55(57(11-43)75(45)76(46)58)73-49(25-95)17-65-61-7-41(21-91)3-53(29-99)79(61)87(37-107)83(65)69(73)33-103/h1-18H. The van der Waals surface area contributed by atoms with E-state index in [0.717, 1.165) is 0 Å². The van der Waals surface area contributed by atoms with E-state index in [4.69, 9.17) is 0 Å². The van der Waals surface area contributed by atoms with E-state index in [1.54, 1.807) is 36.4 Å². The number of hydrogen-bond donors (Lipinski definition) is 0. The zero-order chi connectivity index (χ0) is 75.7. The summed E-state index contributed by atoms with van der Waals surface area (Å²) in [5, 5.41) is 223. The van der Waals surface area contributed by atoms with Crippen LogP contribution >= 0.6 is 0 Å². The summed E-state index contributed by atoms with van der Waals surface area (Å²) in [6.07, 6.45) is 0. The molecule has 12 aromatic carbocycles. The molecular formula is C84H18B4N20. The Bertz CT molecular complexity index is 7120. The highest BCUT2D eigenvalue weighted by molar-refractivity contribution is 6.98. The van der Waals surface area contributed by atoms with Crippen LogP contribution < -0.4 is 43.7 Å². The van der Waals surface area contributed by atoms with Gasteiger partial charge in [-0.1, -0.05) is 0 Å². The van der Waals surface area contributed by atoms with E-state index in [-0.39, 0.29) is 254 Å². The Morgan fingerprint density at radius 3 is 0.639 bits per heavy atom. The van der Waals surface area contributed by atoms with Gasteiger partial charge in [0.2, 0.25) is 0 Å². The van der Waals surface area contributed by atoms with Crippen LogP contribution in [0.25, 0.3) is 121 Å². The normalized spacial score (nSPS) is 11.3. The Labute approximate surface area is 612 Å². The molecule has 4 heterocycles. The first-order valence-corrected chi connectivity index (χ1v) is 32.1. The van der Waals surface area contributed by atoms with Gasteiger partial charge in [-0.25, -0.2) is 21.0 Å². The number of nitrogens with zero attached hydrogens (tertiary/aromatic N) is 20. The molecule has 0 unspecified atom stereocenters. The molecule has 108 heavy (non-hydrogen) atoms. The fraction of sp³-hybridized carbons (Fsp3) is 0. The van der Waals surface area contributed by atoms with Crippen molar-refractivity contribution in [2.45, 2.75) is 0 Å². The van der Waals surface area contributed by atoms with E-state index in [1.807, 2.05) is 24.3 Å². The summed E-state index contributed by atoms with van der Waals surface area (Å²) in [4.78, 5) is 0. The molecule has 4 aliphatic heterocycles. The van der Waals surface area contributed by atoms with Crippen LogP contribution in [0.1, 0.15) is 89.0 Å². The smallest absolute Gasteiger partial charge is 0.212 e. The third-order valence-corrected chi connectivity index (χ3v) is 21.0. The van der Waals surface area contributed by atoms with E-state index >= 15 is 0 Å². The molecule has 24 heteroatoms. The summed E-state index contributed by atoms with van der Waals surface area (Å²) in [7, 11) is 0. The van der Waals surface area contributed by atoms with Crippen molar-refractivity contribution in [1.82, 2.24) is 0 Å². The van der Waals surface area contributed by atoms with Gasteiger partial charge in [0, 0.05) is 46.1 Å². The second kappa shape index (κ2) is 23.7. The molecule has 0 fully saturated rings. The Morgan fingerprint density at radius 1 is 0.185 bits per heavy atom. The Hall–Kier alpha value is -18.3. The number of benzene rings is 12. The molecule has 0 aromatic heterocycles. The molecule has 20 nitrogen and oxygen atoms in total. The fourth-order valence-corrected chi connectivity index (χ4v) is 17.0. The molecular weight excluding hydrogens is 1330 g/mol. The maximum absolute atomic E-state index is 11.9. The summed E-state index contributed by atoms with van der Waals surface area (Å²) >= 11 is 0. The third-order valence-electron chi connectivity index (χ3n) is 21.0. The van der Waals surface area contributed by atoms with Crippen LogP contribution in [0.5, 0.6) is 0 Å². The number of rotatable bonds is 4. The van der Waals surface area contributed by atoms with Gasteiger partial charge < -0.3 is 0 Å². The van der Waals surface area contributed by atoms with Gasteiger partial charge in [0.1, 0.15) is 0 Å². The summed E-state index contributed by atoms with van der Waals surface area (Å²) in [5.41, 5.74) is 0.806. The van der Waals surface area contributed by atoms with Crippen LogP contribution in [0.2, 0.25) is 0 Å². The Morgan fingerprint density at radius 2 is 0.417 bits per heavy atom. The van der Waals surface area contributed by atoms with E-state index in [0.29, 0.717) is 0 Å². The highest BCUT2D eigenvalue weighted by Crippen LogP contribution is 2.52. The van der Waals surface area contributed by atoms with Crippen molar-refractivity contribution in [2.24, 2.45) is 0 Å². The van der Waals surface area contributed by atoms with E-state index in [2.05, 4.69) is 96.7 Å². The molecule has 0 radical (unpaired) electrons. The van der Waals surface area contributed by atoms with Crippen LogP contribution in [-0.4, -0.2) is 26.9 Å². The zero-order valence-electron chi connectivity index (χ0n) is 54.6. The van der Waals surface area contributed by atoms with Crippen molar-refractivity contribution in [3.05, 3.63) is 198 Å². The molecule has 466 valence electrons. The minimum atomic E-state index is -1.37. The highest BCUT2D eigenvalue weighted by atomic mass is 14.4. The molecule has 0 amide bonds. The fourth-order valence-electron chi connectivity index (χ4n) is 17.0. The van der Waals surface area contributed by atoms with Crippen LogP contribution in [0.4, 0.5) is 0 Å². The van der Waals surface area contributed by atoms with Crippen molar-refractivity contribution in [1.29, 1.82) is 105 Å². The molecule has 0 spiro atoms. The maximum Gasteiger partial charge on any atom is 0.336 e. The Balaban J connectivity index is 1.12. The molecule has 0 bridgehead atoms. The molecule has 4 aliphatic rings. The lowest BCUT2D eigenvalue weighted by Crippen LogP contribution is -2.40. The Kier molecular flexibility index (Phi) is 14.1. The second-order valence-corrected chi connectivity index (χ2v) is 25.6. The van der Waals surface area contributed by atoms with Crippen LogP contribution in [-0.2, 0) is 0 Å². The lowest BCUT2D eigenvalue weighted by atomic mass is 9.42. The van der Waals surface area contributed by atoms with Crippen molar-refractivity contribution >= 4 is 103 Å². The van der Waals surface area contributed by atoms with Crippen molar-refractivity contribution in [3.8, 4) is 210 Å². The molecule has 12 aromatic rings. The second-order valence-electron chi connectivity index (χ2n) is 25.6. The molecule has 0 saturated carbocycles. The number of hydrogen-bond acceptors (Lipinski definition) is 20. The van der Waals surface area contributed by atoms with Crippen LogP contribution in [0.15, 0.2) is 109 Å². The molecule has 0 saturated heterocycles. The quantitative estimate of drug-likeness (QED) is 0.120. The van der Waals surface area contributed by atoms with Crippen LogP contribution in [0.3, 0.4) is 0 Å². The van der Waals surface area contributed by atoms with Gasteiger partial charge in [0.25, 0.3) is 0 Å². The van der Waals surface area contributed by atoms with Gasteiger partial charge in [-0.2, -0.15) is 84.2 Å². The predicted molar refractivity (Wildman–Crippen MR) is 392 cm³/mol. The molecule has 0 atom stereocenters. The zero-order valence-corrected chi connectivity index (χ0v) is 54.6. The van der Waals surface area contributed by atoms with Crippen LogP contribution in [0, 0.1) is 226 Å². The summed E-state index contributed by atoms with van der Waals surface area (Å²) in [5.74, 6) is 9.00. The largest absolute Gasteiger partial charge is 0.336 e. The average Bonchev–Trinajstić information content (AvgIpc) is 0.992. The monoisotopic (exact) mass is 1350 g/mol. The SMILES string of the molecule is N#CB1c2c(C#N)cc(C#N)cc2-c2cc(C#N)c(-c3cc4cc(-c5c(C#N)cc6c(c5C#N)B(C#N)c5c(C#N)cc(C#N)cc5-6)c5cc(-c6c(C#N)cc7c(c6C#N)B(C#N)c6c(C#N)cc(C#N)cc6-7)cc6cc(-c7c(C#N)cc8c(c7C#N)B(C#N)c7c(C#N)cc(C#N)cc7-8)c(c3)c4c65)c(C#N)c21. The predicted octanol–water partition coefficient (Wildman–Crippen LogP) is 7.81. The van der Waals surface area contributed by atoms with Gasteiger partial charge in [0.05, 0.1) is 186 Å². The maximum atomic E-state index is 11.9. The number of fused-ring (bicyclic) bond motifs is 12. The minimum Gasteiger partial charge on any atom is -0.212 e. The van der Waals surface area contributed by atoms with E-state index in [9.17, 15) is 105 Å². The molecule has 0 aliphatic carbocycles. The van der Waals surface area contributed by atoms with Gasteiger partial charge in [0.15, 0.2) is 0 Å². The van der Waals surface area contributed by atoms with Crippen molar-refractivity contribution < 1.29 is 0 Å². The van der Waals surface area contributed by atoms with Crippen molar-refractivity contribution in [3.63, 3.8) is 0 Å². The highest BCUT2D eigenvalue weighted by Gasteiger charge is 2.45. The van der Waals surface area contributed by atoms with Gasteiger partial charge in [-0.3, -0.25) is 0 Å². The van der Waals surface area contributed by atoms with Gasteiger partial charge >= 0.3 is 26.9 Å². The van der Waals surface area contributed by atoms with E-state index < -0.39 is 26.9 Å². The molecule has 16 rings (SSSR count). The first-order chi connectivity index (χ1) is 52.7. The van der Waals surface area contributed by atoms with Gasteiger partial charge in [-0.05, 0) is 252 Å². The number of nitriles is 20. The first-order valence-electron chi connectivity index (χ1n) is 32.1.